The van der Waals surface area contributed by atoms with E-state index in [0.717, 1.165) is 18.5 Å². The first kappa shape index (κ1) is 12.7. The molecule has 4 nitrogen and oxygen atoms in total. The van der Waals surface area contributed by atoms with Crippen LogP contribution in [0.15, 0.2) is 18.5 Å². The summed E-state index contributed by atoms with van der Waals surface area (Å²) in [6, 6.07) is 0. The SMILES string of the molecule is COC=CCCCCCCCc1c[nH]nn1. The molecule has 4 heteroatoms. The van der Waals surface area contributed by atoms with Crippen LogP contribution in [0.2, 0.25) is 0 Å². The van der Waals surface area contributed by atoms with E-state index >= 15 is 0 Å². The molecule has 16 heavy (non-hydrogen) atoms. The number of hydrogen-bond donors (Lipinski definition) is 1. The average molecular weight is 223 g/mol. The fraction of sp³-hybridized carbons (Fsp3) is 0.667. The molecule has 90 valence electrons. The molecule has 0 fully saturated rings. The molecular weight excluding hydrogens is 202 g/mol. The van der Waals surface area contributed by atoms with E-state index < -0.39 is 0 Å². The van der Waals surface area contributed by atoms with Crippen LogP contribution < -0.4 is 0 Å². The van der Waals surface area contributed by atoms with E-state index in [1.165, 1.54) is 32.1 Å². The maximum absolute atomic E-state index is 4.83. The number of aryl methyl sites for hydroxylation is 1. The van der Waals surface area contributed by atoms with E-state index in [2.05, 4.69) is 21.5 Å². The summed E-state index contributed by atoms with van der Waals surface area (Å²) in [4.78, 5) is 0. The molecule has 0 aliphatic rings. The number of H-pyrrole nitrogens is 1. The van der Waals surface area contributed by atoms with Crippen molar-refractivity contribution in [3.05, 3.63) is 24.2 Å². The number of ether oxygens (including phenoxy) is 1. The molecule has 0 amide bonds. The molecule has 0 aliphatic heterocycles. The Bertz CT molecular complexity index is 270. The summed E-state index contributed by atoms with van der Waals surface area (Å²) in [5.41, 5.74) is 1.07. The molecule has 1 heterocycles. The highest BCUT2D eigenvalue weighted by atomic mass is 16.5. The summed E-state index contributed by atoms with van der Waals surface area (Å²) < 4.78 is 4.83. The summed E-state index contributed by atoms with van der Waals surface area (Å²) in [6.45, 7) is 0. The van der Waals surface area contributed by atoms with Gasteiger partial charge in [-0.3, -0.25) is 5.10 Å². The van der Waals surface area contributed by atoms with Crippen molar-refractivity contribution in [3.63, 3.8) is 0 Å². The molecule has 0 spiro atoms. The number of aromatic amines is 1. The largest absolute Gasteiger partial charge is 0.505 e. The predicted octanol–water partition coefficient (Wildman–Crippen LogP) is 2.85. The van der Waals surface area contributed by atoms with Crippen molar-refractivity contribution in [2.45, 2.75) is 44.9 Å². The van der Waals surface area contributed by atoms with Crippen molar-refractivity contribution < 1.29 is 4.74 Å². The third kappa shape index (κ3) is 6.22. The Morgan fingerprint density at radius 2 is 2.06 bits per heavy atom. The third-order valence-corrected chi connectivity index (χ3v) is 2.50. The Morgan fingerprint density at radius 3 is 2.81 bits per heavy atom. The van der Waals surface area contributed by atoms with Gasteiger partial charge in [-0.2, -0.15) is 0 Å². The molecule has 0 saturated heterocycles. The van der Waals surface area contributed by atoms with Gasteiger partial charge in [0.25, 0.3) is 0 Å². The molecule has 1 rings (SSSR count). The van der Waals surface area contributed by atoms with E-state index in [-0.39, 0.29) is 0 Å². The van der Waals surface area contributed by atoms with Crippen LogP contribution in [0.25, 0.3) is 0 Å². The smallest absolute Gasteiger partial charge is 0.0824 e. The van der Waals surface area contributed by atoms with Crippen LogP contribution in [0, 0.1) is 0 Å². The van der Waals surface area contributed by atoms with E-state index in [0.29, 0.717) is 0 Å². The van der Waals surface area contributed by atoms with Gasteiger partial charge in [0.1, 0.15) is 0 Å². The van der Waals surface area contributed by atoms with Crippen LogP contribution in [0.5, 0.6) is 0 Å². The third-order valence-electron chi connectivity index (χ3n) is 2.50. The number of nitrogens with one attached hydrogen (secondary N) is 1. The molecule has 0 unspecified atom stereocenters. The van der Waals surface area contributed by atoms with Crippen molar-refractivity contribution in [2.24, 2.45) is 0 Å². The normalized spacial score (nSPS) is 11.1. The van der Waals surface area contributed by atoms with Gasteiger partial charge in [-0.15, -0.1) is 5.10 Å². The van der Waals surface area contributed by atoms with Gasteiger partial charge < -0.3 is 4.74 Å². The van der Waals surface area contributed by atoms with Crippen molar-refractivity contribution in [1.29, 1.82) is 0 Å². The van der Waals surface area contributed by atoms with Crippen molar-refractivity contribution in [2.75, 3.05) is 7.11 Å². The lowest BCUT2D eigenvalue weighted by Gasteiger charge is -1.98. The van der Waals surface area contributed by atoms with Crippen LogP contribution in [-0.2, 0) is 11.2 Å². The number of nitrogens with zero attached hydrogens (tertiary/aromatic N) is 2. The van der Waals surface area contributed by atoms with Crippen LogP contribution in [0.1, 0.15) is 44.2 Å². The molecule has 0 bridgehead atoms. The van der Waals surface area contributed by atoms with E-state index in [1.807, 2.05) is 6.20 Å². The number of unbranched alkanes of at least 4 members (excludes halogenated alkanes) is 5. The first-order chi connectivity index (χ1) is 7.93. The molecule has 1 aromatic heterocycles. The zero-order valence-corrected chi connectivity index (χ0v) is 9.98. The van der Waals surface area contributed by atoms with Crippen LogP contribution >= 0.6 is 0 Å². The first-order valence-corrected chi connectivity index (χ1v) is 5.96. The molecule has 1 N–H and O–H groups in total. The Labute approximate surface area is 97.1 Å². The van der Waals surface area contributed by atoms with Crippen molar-refractivity contribution >= 4 is 0 Å². The summed E-state index contributed by atoms with van der Waals surface area (Å²) in [6.07, 6.45) is 14.2. The molecule has 0 aromatic carbocycles. The highest BCUT2D eigenvalue weighted by Crippen LogP contribution is 2.08. The Balaban J connectivity index is 1.83. The zero-order valence-electron chi connectivity index (χ0n) is 9.98. The van der Waals surface area contributed by atoms with Gasteiger partial charge in [0.05, 0.1) is 19.1 Å². The van der Waals surface area contributed by atoms with E-state index in [9.17, 15) is 0 Å². The monoisotopic (exact) mass is 223 g/mol. The van der Waals surface area contributed by atoms with Gasteiger partial charge in [-0.25, -0.2) is 0 Å². The second-order valence-corrected chi connectivity index (χ2v) is 3.88. The quantitative estimate of drug-likeness (QED) is 0.517. The maximum Gasteiger partial charge on any atom is 0.0824 e. The minimum absolute atomic E-state index is 1.04. The fourth-order valence-corrected chi connectivity index (χ4v) is 1.61. The lowest BCUT2D eigenvalue weighted by Crippen LogP contribution is -1.86. The van der Waals surface area contributed by atoms with Gasteiger partial charge in [-0.1, -0.05) is 24.5 Å². The highest BCUT2D eigenvalue weighted by Gasteiger charge is 1.95. The Kier molecular flexibility index (Phi) is 7.13. The molecule has 0 saturated carbocycles. The fourth-order valence-electron chi connectivity index (χ4n) is 1.61. The van der Waals surface area contributed by atoms with Crippen molar-refractivity contribution in [3.8, 4) is 0 Å². The number of hydrogen-bond acceptors (Lipinski definition) is 3. The minimum Gasteiger partial charge on any atom is -0.505 e. The van der Waals surface area contributed by atoms with Crippen LogP contribution in [0.4, 0.5) is 0 Å². The van der Waals surface area contributed by atoms with Crippen molar-refractivity contribution in [1.82, 2.24) is 15.4 Å². The van der Waals surface area contributed by atoms with Crippen LogP contribution in [-0.4, -0.2) is 22.5 Å². The number of aromatic nitrogens is 3. The number of allylic oxidation sites excluding steroid dienone is 1. The summed E-state index contributed by atoms with van der Waals surface area (Å²) in [5.74, 6) is 0. The number of methoxy groups -OCH3 is 1. The van der Waals surface area contributed by atoms with E-state index in [4.69, 9.17) is 4.74 Å². The van der Waals surface area contributed by atoms with Gasteiger partial charge in [0.2, 0.25) is 0 Å². The molecule has 0 aliphatic carbocycles. The standard InChI is InChI=1S/C12H21N3O/c1-16-10-8-6-4-2-3-5-7-9-12-11-13-15-14-12/h8,10-11H,2-7,9H2,1H3,(H,13,14,15). The molecule has 0 atom stereocenters. The highest BCUT2D eigenvalue weighted by molar-refractivity contribution is 4.89. The second kappa shape index (κ2) is 8.95. The van der Waals surface area contributed by atoms with Gasteiger partial charge in [-0.05, 0) is 31.8 Å². The minimum atomic E-state index is 1.04. The lowest BCUT2D eigenvalue weighted by atomic mass is 10.1. The zero-order chi connectivity index (χ0) is 11.5. The molecule has 0 radical (unpaired) electrons. The summed E-state index contributed by atoms with van der Waals surface area (Å²) in [7, 11) is 1.68. The second-order valence-electron chi connectivity index (χ2n) is 3.88. The summed E-state index contributed by atoms with van der Waals surface area (Å²) in [5, 5.41) is 10.4. The van der Waals surface area contributed by atoms with Gasteiger partial charge in [0.15, 0.2) is 0 Å². The van der Waals surface area contributed by atoms with E-state index in [1.54, 1.807) is 13.4 Å². The lowest BCUT2D eigenvalue weighted by molar-refractivity contribution is 0.336. The Hall–Kier alpha value is -1.32. The predicted molar refractivity (Wildman–Crippen MR) is 63.9 cm³/mol. The van der Waals surface area contributed by atoms with Gasteiger partial charge in [0, 0.05) is 6.20 Å². The van der Waals surface area contributed by atoms with Crippen LogP contribution in [0.3, 0.4) is 0 Å². The topological polar surface area (TPSA) is 50.8 Å². The first-order valence-electron chi connectivity index (χ1n) is 5.96. The maximum atomic E-state index is 4.83. The van der Waals surface area contributed by atoms with Gasteiger partial charge >= 0.3 is 0 Å². The molecular formula is C12H21N3O. The Morgan fingerprint density at radius 1 is 1.25 bits per heavy atom. The number of rotatable bonds is 9. The molecule has 1 aromatic rings. The summed E-state index contributed by atoms with van der Waals surface area (Å²) >= 11 is 0. The average Bonchev–Trinajstić information content (AvgIpc) is 2.80.